The number of hydrogen-bond donors (Lipinski definition) is 0. The molecular weight excluding hydrogens is 408 g/mol. The normalized spacial score (nSPS) is 14.7. The Bertz CT molecular complexity index is 1000. The molecule has 140 valence electrons. The number of thiazole rings is 1. The molecule has 1 saturated heterocycles. The predicted octanol–water partition coefficient (Wildman–Crippen LogP) is 4.19. The van der Waals surface area contributed by atoms with Crippen LogP contribution in [0.25, 0.3) is 10.2 Å². The standard InChI is InChI=1S/C17H15ClN4O3S2/c1-10-2-3-11(18)15-14(10)19-17(27-15)21-8-6-20(7-9-21)16(23)12-4-5-13(26-12)22(24)25/h2-5H,6-9H2,1H3. The summed E-state index contributed by atoms with van der Waals surface area (Å²) in [5.41, 5.74) is 2.01. The number of hydrogen-bond acceptors (Lipinski definition) is 7. The fraction of sp³-hybridized carbons (Fsp3) is 0.294. The lowest BCUT2D eigenvalue weighted by Gasteiger charge is -2.34. The molecule has 0 aliphatic carbocycles. The molecule has 0 bridgehead atoms. The van der Waals surface area contributed by atoms with Gasteiger partial charge in [-0.05, 0) is 24.6 Å². The van der Waals surface area contributed by atoms with Crippen LogP contribution in [0.1, 0.15) is 15.2 Å². The van der Waals surface area contributed by atoms with Gasteiger partial charge in [0.1, 0.15) is 0 Å². The molecule has 3 heterocycles. The maximum atomic E-state index is 12.6. The summed E-state index contributed by atoms with van der Waals surface area (Å²) in [7, 11) is 0. The molecule has 2 aromatic heterocycles. The second-order valence-electron chi connectivity index (χ2n) is 6.21. The number of carbonyl (C=O) groups excluding carboxylic acids is 1. The number of benzene rings is 1. The molecule has 0 atom stereocenters. The van der Waals surface area contributed by atoms with E-state index < -0.39 is 4.92 Å². The number of aryl methyl sites for hydroxylation is 1. The van der Waals surface area contributed by atoms with Gasteiger partial charge in [0, 0.05) is 32.2 Å². The lowest BCUT2D eigenvalue weighted by atomic mass is 10.2. The number of nitrogens with zero attached hydrogens (tertiary/aromatic N) is 4. The minimum Gasteiger partial charge on any atom is -0.345 e. The Hall–Kier alpha value is -2.23. The SMILES string of the molecule is Cc1ccc(Cl)c2sc(N3CCN(C(=O)c4ccc([N+](=O)[O-])s4)CC3)nc12. The van der Waals surface area contributed by atoms with E-state index in [1.807, 2.05) is 19.1 Å². The maximum absolute atomic E-state index is 12.6. The molecule has 4 rings (SSSR count). The largest absolute Gasteiger partial charge is 0.345 e. The zero-order valence-corrected chi connectivity index (χ0v) is 16.7. The molecule has 1 aromatic carbocycles. The molecular formula is C17H15ClN4O3S2. The molecule has 0 unspecified atom stereocenters. The second-order valence-corrected chi connectivity index (χ2v) is 8.66. The van der Waals surface area contributed by atoms with E-state index in [0.29, 0.717) is 36.1 Å². The van der Waals surface area contributed by atoms with Crippen LogP contribution >= 0.6 is 34.3 Å². The fourth-order valence-corrected chi connectivity index (χ4v) is 5.18. The monoisotopic (exact) mass is 422 g/mol. The Balaban J connectivity index is 1.47. The van der Waals surface area contributed by atoms with Crippen LogP contribution in [-0.2, 0) is 0 Å². The molecule has 0 spiro atoms. The van der Waals surface area contributed by atoms with Crippen LogP contribution < -0.4 is 4.90 Å². The molecule has 1 amide bonds. The van der Waals surface area contributed by atoms with E-state index in [0.717, 1.165) is 32.2 Å². The highest BCUT2D eigenvalue weighted by Gasteiger charge is 2.26. The third kappa shape index (κ3) is 3.38. The number of nitro groups is 1. The molecule has 3 aromatic rings. The fourth-order valence-electron chi connectivity index (χ4n) is 3.02. The van der Waals surface area contributed by atoms with Gasteiger partial charge in [-0.1, -0.05) is 40.3 Å². The molecule has 0 saturated carbocycles. The van der Waals surface area contributed by atoms with Crippen LogP contribution in [0.2, 0.25) is 5.02 Å². The number of fused-ring (bicyclic) bond motifs is 1. The Morgan fingerprint density at radius 2 is 1.93 bits per heavy atom. The van der Waals surface area contributed by atoms with Gasteiger partial charge in [-0.3, -0.25) is 14.9 Å². The first-order chi connectivity index (χ1) is 12.9. The van der Waals surface area contributed by atoms with Gasteiger partial charge in [-0.2, -0.15) is 0 Å². The van der Waals surface area contributed by atoms with Crippen molar-refractivity contribution in [3.63, 3.8) is 0 Å². The maximum Gasteiger partial charge on any atom is 0.324 e. The van der Waals surface area contributed by atoms with Crippen LogP contribution in [0.4, 0.5) is 10.1 Å². The van der Waals surface area contributed by atoms with Crippen molar-refractivity contribution < 1.29 is 9.72 Å². The number of halogens is 1. The Kier molecular flexibility index (Phi) is 4.75. The highest BCUT2D eigenvalue weighted by atomic mass is 35.5. The van der Waals surface area contributed by atoms with Crippen molar-refractivity contribution in [3.8, 4) is 0 Å². The van der Waals surface area contributed by atoms with Gasteiger partial charge in [0.25, 0.3) is 5.91 Å². The van der Waals surface area contributed by atoms with Crippen molar-refractivity contribution in [3.05, 3.63) is 49.8 Å². The summed E-state index contributed by atoms with van der Waals surface area (Å²) in [6.45, 7) is 4.44. The van der Waals surface area contributed by atoms with E-state index >= 15 is 0 Å². The van der Waals surface area contributed by atoms with Crippen molar-refractivity contribution in [1.29, 1.82) is 0 Å². The number of amides is 1. The molecule has 1 aliphatic heterocycles. The Morgan fingerprint density at radius 3 is 2.56 bits per heavy atom. The molecule has 10 heteroatoms. The molecule has 1 fully saturated rings. The van der Waals surface area contributed by atoms with Gasteiger partial charge < -0.3 is 9.80 Å². The Morgan fingerprint density at radius 1 is 1.19 bits per heavy atom. The summed E-state index contributed by atoms with van der Waals surface area (Å²) in [5, 5.41) is 12.4. The van der Waals surface area contributed by atoms with Crippen LogP contribution in [0.5, 0.6) is 0 Å². The van der Waals surface area contributed by atoms with Gasteiger partial charge in [-0.25, -0.2) is 4.98 Å². The van der Waals surface area contributed by atoms with Gasteiger partial charge in [0.15, 0.2) is 5.13 Å². The van der Waals surface area contributed by atoms with Crippen molar-refractivity contribution >= 4 is 60.5 Å². The number of piperazine rings is 1. The quantitative estimate of drug-likeness (QED) is 0.467. The third-order valence-electron chi connectivity index (χ3n) is 4.51. The van der Waals surface area contributed by atoms with E-state index in [9.17, 15) is 14.9 Å². The number of rotatable bonds is 3. The number of anilines is 1. The average molecular weight is 423 g/mol. The van der Waals surface area contributed by atoms with Crippen molar-refractivity contribution in [2.45, 2.75) is 6.92 Å². The van der Waals surface area contributed by atoms with E-state index in [4.69, 9.17) is 16.6 Å². The summed E-state index contributed by atoms with van der Waals surface area (Å²) >= 11 is 8.77. The first-order valence-corrected chi connectivity index (χ1v) is 10.3. The molecule has 7 nitrogen and oxygen atoms in total. The predicted molar refractivity (Wildman–Crippen MR) is 108 cm³/mol. The lowest BCUT2D eigenvalue weighted by Crippen LogP contribution is -2.48. The van der Waals surface area contributed by atoms with Crippen molar-refractivity contribution in [2.75, 3.05) is 31.1 Å². The summed E-state index contributed by atoms with van der Waals surface area (Å²) in [6, 6.07) is 6.75. The van der Waals surface area contributed by atoms with Crippen LogP contribution in [0.15, 0.2) is 24.3 Å². The van der Waals surface area contributed by atoms with Crippen LogP contribution in [0, 0.1) is 17.0 Å². The van der Waals surface area contributed by atoms with E-state index in [1.54, 1.807) is 16.2 Å². The minimum atomic E-state index is -0.473. The third-order valence-corrected chi connectivity index (χ3v) is 7.11. The zero-order valence-electron chi connectivity index (χ0n) is 14.3. The van der Waals surface area contributed by atoms with E-state index in [-0.39, 0.29) is 10.9 Å². The highest BCUT2D eigenvalue weighted by molar-refractivity contribution is 7.22. The molecule has 0 radical (unpaired) electrons. The van der Waals surface area contributed by atoms with Gasteiger partial charge in [0.2, 0.25) is 0 Å². The first kappa shape index (κ1) is 18.1. The van der Waals surface area contributed by atoms with Crippen molar-refractivity contribution in [1.82, 2.24) is 9.88 Å². The molecule has 1 aliphatic rings. The zero-order chi connectivity index (χ0) is 19.1. The second kappa shape index (κ2) is 7.06. The van der Waals surface area contributed by atoms with Gasteiger partial charge in [-0.15, -0.1) is 0 Å². The highest BCUT2D eigenvalue weighted by Crippen LogP contribution is 2.36. The summed E-state index contributed by atoms with van der Waals surface area (Å²) in [4.78, 5) is 31.9. The topological polar surface area (TPSA) is 79.6 Å². The summed E-state index contributed by atoms with van der Waals surface area (Å²) < 4.78 is 0.982. The van der Waals surface area contributed by atoms with Gasteiger partial charge >= 0.3 is 5.00 Å². The smallest absolute Gasteiger partial charge is 0.324 e. The summed E-state index contributed by atoms with van der Waals surface area (Å²) in [6.07, 6.45) is 0. The van der Waals surface area contributed by atoms with Crippen LogP contribution in [-0.4, -0.2) is 46.9 Å². The first-order valence-electron chi connectivity index (χ1n) is 8.28. The number of aromatic nitrogens is 1. The molecule has 27 heavy (non-hydrogen) atoms. The van der Waals surface area contributed by atoms with E-state index in [1.165, 1.54) is 12.1 Å². The Labute approximate surface area is 167 Å². The number of carbonyl (C=O) groups is 1. The number of thiophene rings is 1. The summed E-state index contributed by atoms with van der Waals surface area (Å²) in [5.74, 6) is -0.157. The van der Waals surface area contributed by atoms with Gasteiger partial charge in [0.05, 0.1) is 25.0 Å². The average Bonchev–Trinajstić information content (AvgIpc) is 3.32. The lowest BCUT2D eigenvalue weighted by molar-refractivity contribution is -0.380. The minimum absolute atomic E-state index is 0.0151. The van der Waals surface area contributed by atoms with E-state index in [2.05, 4.69) is 4.90 Å². The van der Waals surface area contributed by atoms with Crippen molar-refractivity contribution in [2.24, 2.45) is 0 Å². The molecule has 0 N–H and O–H groups in total. The van der Waals surface area contributed by atoms with Crippen LogP contribution in [0.3, 0.4) is 0 Å².